The molecule has 0 aliphatic carbocycles. The van der Waals surface area contributed by atoms with E-state index < -0.39 is 17.9 Å². The largest absolute Gasteiger partial charge is 0.506 e. The first-order valence-electron chi connectivity index (χ1n) is 9.41. The van der Waals surface area contributed by atoms with E-state index in [4.69, 9.17) is 26.8 Å². The minimum Gasteiger partial charge on any atom is -0.506 e. The molecule has 3 N–H and O–H groups in total. The van der Waals surface area contributed by atoms with E-state index in [2.05, 4.69) is 0 Å². The quantitative estimate of drug-likeness (QED) is 0.675. The molecule has 1 heterocycles. The molecule has 0 spiro atoms. The van der Waals surface area contributed by atoms with Gasteiger partial charge in [-0.2, -0.15) is 5.26 Å². The van der Waals surface area contributed by atoms with Crippen molar-refractivity contribution in [3.05, 3.63) is 81.3 Å². The van der Waals surface area contributed by atoms with Gasteiger partial charge < -0.3 is 20.3 Å². The number of allylic oxidation sites excluding steroid dienone is 1. The van der Waals surface area contributed by atoms with Gasteiger partial charge in [-0.05, 0) is 30.2 Å². The predicted molar refractivity (Wildman–Crippen MR) is 117 cm³/mol. The molecule has 0 saturated heterocycles. The third-order valence-electron chi connectivity index (χ3n) is 5.11. The van der Waals surface area contributed by atoms with Crippen molar-refractivity contribution in [3.8, 4) is 11.8 Å². The summed E-state index contributed by atoms with van der Waals surface area (Å²) in [6.45, 7) is 1.68. The van der Waals surface area contributed by atoms with Crippen molar-refractivity contribution in [1.82, 2.24) is 0 Å². The highest BCUT2D eigenvalue weighted by Gasteiger charge is 2.43. The molecule has 0 amide bonds. The molecule has 1 unspecified atom stereocenters. The van der Waals surface area contributed by atoms with Gasteiger partial charge in [0, 0.05) is 5.02 Å². The number of nitriles is 1. The number of esters is 2. The van der Waals surface area contributed by atoms with Crippen LogP contribution < -0.4 is 10.6 Å². The number of nitrogens with zero attached hydrogens (tertiary/aromatic N) is 2. The van der Waals surface area contributed by atoms with E-state index in [1.54, 1.807) is 37.3 Å². The number of hydrogen-bond donors (Lipinski definition) is 2. The van der Waals surface area contributed by atoms with Crippen molar-refractivity contribution in [2.24, 2.45) is 5.73 Å². The smallest absolute Gasteiger partial charge is 0.355 e. The Balaban J connectivity index is 2.46. The molecule has 164 valence electrons. The molecule has 32 heavy (non-hydrogen) atoms. The van der Waals surface area contributed by atoms with Crippen LogP contribution in [0.3, 0.4) is 0 Å². The van der Waals surface area contributed by atoms with Gasteiger partial charge in [-0.3, -0.25) is 4.90 Å². The van der Waals surface area contributed by atoms with Crippen molar-refractivity contribution < 1.29 is 24.2 Å². The van der Waals surface area contributed by atoms with Gasteiger partial charge in [0.05, 0.1) is 43.0 Å². The molecular weight excluding hydrogens is 434 g/mol. The molecule has 0 saturated carbocycles. The lowest BCUT2D eigenvalue weighted by molar-refractivity contribution is -0.139. The van der Waals surface area contributed by atoms with Gasteiger partial charge in [0.2, 0.25) is 0 Å². The first-order valence-corrected chi connectivity index (χ1v) is 9.79. The summed E-state index contributed by atoms with van der Waals surface area (Å²) in [5.74, 6) is -3.20. The summed E-state index contributed by atoms with van der Waals surface area (Å²) in [5, 5.41) is 20.9. The number of aryl methyl sites for hydroxylation is 1. The van der Waals surface area contributed by atoms with Crippen molar-refractivity contribution in [2.45, 2.75) is 12.8 Å². The van der Waals surface area contributed by atoms with Crippen LogP contribution in [0.5, 0.6) is 5.75 Å². The van der Waals surface area contributed by atoms with Gasteiger partial charge in [-0.1, -0.05) is 41.9 Å². The Hall–Kier alpha value is -3.96. The van der Waals surface area contributed by atoms with Crippen LogP contribution in [0.1, 0.15) is 17.0 Å². The number of rotatable bonds is 4. The van der Waals surface area contributed by atoms with E-state index in [0.717, 1.165) is 19.1 Å². The number of phenolic OH excluding ortho intramolecular Hbond substituents is 1. The van der Waals surface area contributed by atoms with Crippen LogP contribution in [0, 0.1) is 18.3 Å². The molecule has 0 fully saturated rings. The minimum absolute atomic E-state index is 0.000773. The van der Waals surface area contributed by atoms with Crippen LogP contribution in [0.15, 0.2) is 65.1 Å². The molecule has 0 aromatic heterocycles. The van der Waals surface area contributed by atoms with Gasteiger partial charge in [-0.15, -0.1) is 0 Å². The number of hydrogen-bond acceptors (Lipinski definition) is 8. The van der Waals surface area contributed by atoms with Crippen molar-refractivity contribution in [1.29, 1.82) is 5.26 Å². The van der Waals surface area contributed by atoms with Gasteiger partial charge in [0.1, 0.15) is 17.3 Å². The normalized spacial score (nSPS) is 16.0. The number of aromatic hydroxyl groups is 1. The number of halogens is 1. The number of carbonyl (C=O) groups is 2. The Bertz CT molecular complexity index is 1200. The third-order valence-corrected chi connectivity index (χ3v) is 5.51. The van der Waals surface area contributed by atoms with Crippen LogP contribution in [-0.2, 0) is 19.1 Å². The van der Waals surface area contributed by atoms with Crippen molar-refractivity contribution in [2.75, 3.05) is 19.1 Å². The van der Waals surface area contributed by atoms with Crippen LogP contribution >= 0.6 is 11.6 Å². The monoisotopic (exact) mass is 453 g/mol. The zero-order valence-corrected chi connectivity index (χ0v) is 18.3. The second-order valence-corrected chi connectivity index (χ2v) is 7.33. The molecule has 0 radical (unpaired) electrons. The number of phenols is 1. The Kier molecular flexibility index (Phi) is 6.42. The van der Waals surface area contributed by atoms with Gasteiger partial charge in [0.15, 0.2) is 0 Å². The van der Waals surface area contributed by atoms with Crippen LogP contribution in [0.25, 0.3) is 0 Å². The first-order chi connectivity index (χ1) is 15.3. The molecule has 2 aromatic rings. The zero-order valence-electron chi connectivity index (χ0n) is 17.5. The van der Waals surface area contributed by atoms with E-state index in [1.807, 2.05) is 6.07 Å². The second kappa shape index (κ2) is 9.04. The number of nitrogens with two attached hydrogens (primary N) is 1. The van der Waals surface area contributed by atoms with Crippen molar-refractivity contribution >= 4 is 29.2 Å². The van der Waals surface area contributed by atoms with Crippen molar-refractivity contribution in [3.63, 3.8) is 0 Å². The lowest BCUT2D eigenvalue weighted by Gasteiger charge is -2.36. The Morgan fingerprint density at radius 3 is 2.34 bits per heavy atom. The first kappa shape index (κ1) is 22.7. The van der Waals surface area contributed by atoms with E-state index in [-0.39, 0.29) is 39.1 Å². The summed E-state index contributed by atoms with van der Waals surface area (Å²) in [6.07, 6.45) is 0. The van der Waals surface area contributed by atoms with Crippen LogP contribution in [0.4, 0.5) is 5.69 Å². The highest BCUT2D eigenvalue weighted by atomic mass is 35.5. The zero-order chi connectivity index (χ0) is 23.6. The number of ether oxygens (including phenoxy) is 2. The summed E-state index contributed by atoms with van der Waals surface area (Å²) in [5.41, 5.74) is 7.02. The average molecular weight is 454 g/mol. The Morgan fingerprint density at radius 2 is 1.78 bits per heavy atom. The van der Waals surface area contributed by atoms with Crippen LogP contribution in [0.2, 0.25) is 5.02 Å². The number of carbonyl (C=O) groups excluding carboxylic acids is 2. The highest BCUT2D eigenvalue weighted by molar-refractivity contribution is 6.31. The third kappa shape index (κ3) is 3.74. The molecule has 8 nitrogen and oxygen atoms in total. The second-order valence-electron chi connectivity index (χ2n) is 6.93. The molecule has 9 heteroatoms. The molecular formula is C23H20ClN3O5. The predicted octanol–water partition coefficient (Wildman–Crippen LogP) is 3.25. The number of benzene rings is 2. The topological polar surface area (TPSA) is 126 Å². The fourth-order valence-electron chi connectivity index (χ4n) is 3.60. The molecule has 3 rings (SSSR count). The Morgan fingerprint density at radius 1 is 1.16 bits per heavy atom. The standard InChI is InChI=1S/C23H20ClN3O5/c1-12-9-17(28)16(10-15(12)24)27-20(23(30)32-3)19(22(29)31-2)18(14(11-25)21(27)26)13-7-5-4-6-8-13/h4-10,18,28H,26H2,1-3H3. The molecule has 2 aromatic carbocycles. The maximum Gasteiger partial charge on any atom is 0.355 e. The SMILES string of the molecule is COC(=O)C1=C(C(=O)OC)N(c2cc(Cl)c(C)cc2O)C(N)=C(C#N)C1c1ccccc1. The summed E-state index contributed by atoms with van der Waals surface area (Å²) >= 11 is 6.25. The maximum atomic E-state index is 13.0. The van der Waals surface area contributed by atoms with Gasteiger partial charge >= 0.3 is 11.9 Å². The van der Waals surface area contributed by atoms with Gasteiger partial charge in [0.25, 0.3) is 0 Å². The molecule has 0 bridgehead atoms. The van der Waals surface area contributed by atoms with E-state index in [9.17, 15) is 20.0 Å². The molecule has 1 atom stereocenters. The maximum absolute atomic E-state index is 13.0. The summed E-state index contributed by atoms with van der Waals surface area (Å²) in [6, 6.07) is 13.4. The molecule has 1 aliphatic heterocycles. The number of methoxy groups -OCH3 is 2. The fourth-order valence-corrected chi connectivity index (χ4v) is 3.76. The lowest BCUT2D eigenvalue weighted by atomic mass is 9.81. The average Bonchev–Trinajstić information content (AvgIpc) is 2.80. The van der Waals surface area contributed by atoms with Crippen LogP contribution in [-0.4, -0.2) is 31.3 Å². The van der Waals surface area contributed by atoms with E-state index in [1.165, 1.54) is 12.1 Å². The minimum atomic E-state index is -0.998. The summed E-state index contributed by atoms with van der Waals surface area (Å²) < 4.78 is 9.90. The Labute approximate surface area is 189 Å². The van der Waals surface area contributed by atoms with E-state index in [0.29, 0.717) is 11.1 Å². The lowest BCUT2D eigenvalue weighted by Crippen LogP contribution is -2.40. The van der Waals surface area contributed by atoms with E-state index >= 15 is 0 Å². The van der Waals surface area contributed by atoms with Gasteiger partial charge in [-0.25, -0.2) is 9.59 Å². The highest BCUT2D eigenvalue weighted by Crippen LogP contribution is 2.45. The summed E-state index contributed by atoms with van der Waals surface area (Å²) in [4.78, 5) is 27.0. The summed E-state index contributed by atoms with van der Waals surface area (Å²) in [7, 11) is 2.30. The molecule has 1 aliphatic rings. The number of anilines is 1. The fraction of sp³-hybridized carbons (Fsp3) is 0.174.